The van der Waals surface area contributed by atoms with E-state index in [9.17, 15) is 4.79 Å². The summed E-state index contributed by atoms with van der Waals surface area (Å²) in [5.74, 6) is 0. The second-order valence-electron chi connectivity index (χ2n) is 2.41. The molecule has 0 atom stereocenters. The van der Waals surface area contributed by atoms with Gasteiger partial charge < -0.3 is 6.41 Å². The molecule has 2 rings (SSSR count). The standard InChI is InChI=1S/C8H5ClN2O.Na.H/c9-5-1-2-6-7(3-5)10-4-8(12)11-6;;/h1-4H,(H,11,12);;/q;+1;-1. The van der Waals surface area contributed by atoms with Gasteiger partial charge in [0.2, 0.25) is 0 Å². The Bertz CT molecular complexity index is 488. The van der Waals surface area contributed by atoms with Crippen molar-refractivity contribution in [3.05, 3.63) is 39.8 Å². The number of hydrogen-bond acceptors (Lipinski definition) is 2. The molecule has 0 spiro atoms. The Balaban J connectivity index is 0.000000845. The number of rotatable bonds is 0. The van der Waals surface area contributed by atoms with Crippen molar-refractivity contribution in [1.29, 1.82) is 0 Å². The third kappa shape index (κ3) is 2.31. The summed E-state index contributed by atoms with van der Waals surface area (Å²) in [6.07, 6.45) is 1.23. The molecule has 1 aromatic carbocycles. The molecule has 0 fully saturated rings. The number of nitrogens with one attached hydrogen (secondary N) is 1. The Morgan fingerprint density at radius 2 is 2.23 bits per heavy atom. The Labute approximate surface area is 103 Å². The smallest absolute Gasteiger partial charge is 1.00 e. The minimum absolute atomic E-state index is 0. The molecule has 0 aliphatic carbocycles. The van der Waals surface area contributed by atoms with Crippen LogP contribution < -0.4 is 35.1 Å². The van der Waals surface area contributed by atoms with Crippen molar-refractivity contribution in [3.8, 4) is 0 Å². The van der Waals surface area contributed by atoms with Crippen molar-refractivity contribution in [2.75, 3.05) is 0 Å². The predicted molar refractivity (Wildman–Crippen MR) is 48.5 cm³/mol. The van der Waals surface area contributed by atoms with Crippen LogP contribution in [0.15, 0.2) is 29.2 Å². The van der Waals surface area contributed by atoms with Gasteiger partial charge in [-0.2, -0.15) is 0 Å². The van der Waals surface area contributed by atoms with Gasteiger partial charge >= 0.3 is 29.6 Å². The summed E-state index contributed by atoms with van der Waals surface area (Å²) in [4.78, 5) is 17.4. The third-order valence-electron chi connectivity index (χ3n) is 1.54. The number of aromatic amines is 1. The van der Waals surface area contributed by atoms with E-state index in [1.807, 2.05) is 0 Å². The molecule has 1 heterocycles. The molecule has 0 saturated heterocycles. The van der Waals surface area contributed by atoms with E-state index in [-0.39, 0.29) is 36.5 Å². The Hall–Kier alpha value is -0.350. The van der Waals surface area contributed by atoms with E-state index in [0.717, 1.165) is 0 Å². The normalized spacial score (nSPS) is 9.62. The molecule has 13 heavy (non-hydrogen) atoms. The van der Waals surface area contributed by atoms with Gasteiger partial charge in [-0.25, -0.2) is 4.98 Å². The molecule has 5 heteroatoms. The Morgan fingerprint density at radius 1 is 1.46 bits per heavy atom. The van der Waals surface area contributed by atoms with Crippen LogP contribution in [0.4, 0.5) is 0 Å². The Kier molecular flexibility index (Phi) is 3.50. The SMILES string of the molecule is O=c1cnc2cc(Cl)ccc2[nH]1.[H-].[Na+]. The van der Waals surface area contributed by atoms with E-state index in [2.05, 4.69) is 9.97 Å². The summed E-state index contributed by atoms with van der Waals surface area (Å²) in [6.45, 7) is 0. The van der Waals surface area contributed by atoms with E-state index in [4.69, 9.17) is 11.6 Å². The first-order valence-electron chi connectivity index (χ1n) is 3.40. The van der Waals surface area contributed by atoms with E-state index in [0.29, 0.717) is 16.1 Å². The number of halogens is 1. The molecule has 62 valence electrons. The van der Waals surface area contributed by atoms with E-state index in [1.54, 1.807) is 18.2 Å². The number of nitrogens with zero attached hydrogens (tertiary/aromatic N) is 1. The van der Waals surface area contributed by atoms with Gasteiger partial charge in [-0.15, -0.1) is 0 Å². The van der Waals surface area contributed by atoms with Crippen LogP contribution in [0.3, 0.4) is 0 Å². The molecule has 1 aromatic heterocycles. The van der Waals surface area contributed by atoms with Crippen LogP contribution in [-0.4, -0.2) is 9.97 Å². The van der Waals surface area contributed by atoms with Crippen molar-refractivity contribution in [1.82, 2.24) is 9.97 Å². The van der Waals surface area contributed by atoms with Crippen LogP contribution in [0.2, 0.25) is 5.02 Å². The van der Waals surface area contributed by atoms with Crippen molar-refractivity contribution in [2.24, 2.45) is 0 Å². The molecule has 0 amide bonds. The fourth-order valence-corrected chi connectivity index (χ4v) is 1.18. The average molecular weight is 205 g/mol. The molecule has 0 unspecified atom stereocenters. The summed E-state index contributed by atoms with van der Waals surface area (Å²) in [5, 5.41) is 0.613. The van der Waals surface area contributed by atoms with Gasteiger partial charge in [0.15, 0.2) is 0 Å². The van der Waals surface area contributed by atoms with Gasteiger partial charge in [0, 0.05) is 5.02 Å². The third-order valence-corrected chi connectivity index (χ3v) is 1.77. The molecule has 3 nitrogen and oxygen atoms in total. The first-order valence-corrected chi connectivity index (χ1v) is 3.78. The van der Waals surface area contributed by atoms with E-state index in [1.165, 1.54) is 6.20 Å². The summed E-state index contributed by atoms with van der Waals surface area (Å²) >= 11 is 5.73. The molecule has 2 aromatic rings. The first kappa shape index (κ1) is 10.7. The van der Waals surface area contributed by atoms with Crippen LogP contribution >= 0.6 is 11.6 Å². The molecule has 0 radical (unpaired) electrons. The van der Waals surface area contributed by atoms with Crippen LogP contribution in [0.25, 0.3) is 11.0 Å². The van der Waals surface area contributed by atoms with Crippen molar-refractivity contribution in [3.63, 3.8) is 0 Å². The van der Waals surface area contributed by atoms with Gasteiger partial charge in [-0.1, -0.05) is 11.6 Å². The molecule has 0 bridgehead atoms. The zero-order valence-corrected chi connectivity index (χ0v) is 9.80. The maximum Gasteiger partial charge on any atom is 1.00 e. The summed E-state index contributed by atoms with van der Waals surface area (Å²) in [7, 11) is 0. The van der Waals surface area contributed by atoms with Crippen LogP contribution in [0, 0.1) is 0 Å². The van der Waals surface area contributed by atoms with E-state index >= 15 is 0 Å². The van der Waals surface area contributed by atoms with Gasteiger partial charge in [-0.3, -0.25) is 4.79 Å². The average Bonchev–Trinajstić information content (AvgIpc) is 2.05. The molecule has 1 N–H and O–H groups in total. The fourth-order valence-electron chi connectivity index (χ4n) is 1.01. The van der Waals surface area contributed by atoms with Crippen LogP contribution in [-0.2, 0) is 0 Å². The second kappa shape index (κ2) is 4.24. The minimum Gasteiger partial charge on any atom is -1.00 e. The van der Waals surface area contributed by atoms with Gasteiger partial charge in [0.25, 0.3) is 5.56 Å². The summed E-state index contributed by atoms with van der Waals surface area (Å²) < 4.78 is 0. The van der Waals surface area contributed by atoms with Crippen molar-refractivity contribution < 1.29 is 31.0 Å². The topological polar surface area (TPSA) is 45.8 Å². The number of fused-ring (bicyclic) bond motifs is 1. The van der Waals surface area contributed by atoms with Crippen LogP contribution in [0.5, 0.6) is 0 Å². The van der Waals surface area contributed by atoms with E-state index < -0.39 is 0 Å². The fraction of sp³-hybridized carbons (Fsp3) is 0. The second-order valence-corrected chi connectivity index (χ2v) is 2.85. The quantitative estimate of drug-likeness (QED) is 0.542. The largest absolute Gasteiger partial charge is 1.00 e. The zero-order chi connectivity index (χ0) is 8.55. The van der Waals surface area contributed by atoms with Gasteiger partial charge in [0.05, 0.1) is 17.2 Å². The molecular formula is C8H6ClN2NaO. The number of aromatic nitrogens is 2. The summed E-state index contributed by atoms with van der Waals surface area (Å²) in [5.41, 5.74) is 1.19. The predicted octanol–water partition coefficient (Wildman–Crippen LogP) is -1.31. The molecule has 0 saturated carbocycles. The van der Waals surface area contributed by atoms with Gasteiger partial charge in [-0.05, 0) is 18.2 Å². The number of H-pyrrole nitrogens is 1. The molecule has 0 aliphatic rings. The summed E-state index contributed by atoms with van der Waals surface area (Å²) in [6, 6.07) is 5.14. The monoisotopic (exact) mass is 204 g/mol. The maximum atomic E-state index is 10.8. The minimum atomic E-state index is -0.204. The van der Waals surface area contributed by atoms with Gasteiger partial charge in [0.1, 0.15) is 0 Å². The Morgan fingerprint density at radius 3 is 3.00 bits per heavy atom. The maximum absolute atomic E-state index is 10.8. The number of benzene rings is 1. The van der Waals surface area contributed by atoms with Crippen molar-refractivity contribution in [2.45, 2.75) is 0 Å². The zero-order valence-electron chi connectivity index (χ0n) is 8.04. The van der Waals surface area contributed by atoms with Crippen LogP contribution in [0.1, 0.15) is 1.43 Å². The number of hydrogen-bond donors (Lipinski definition) is 1. The molecule has 0 aliphatic heterocycles. The van der Waals surface area contributed by atoms with Crippen molar-refractivity contribution >= 4 is 22.6 Å². The first-order chi connectivity index (χ1) is 5.75. The molecular weight excluding hydrogens is 199 g/mol.